The maximum absolute atomic E-state index is 13.3. The van der Waals surface area contributed by atoms with E-state index >= 15 is 0 Å². The molecule has 0 radical (unpaired) electrons. The van der Waals surface area contributed by atoms with Crippen molar-refractivity contribution < 1.29 is 14.3 Å². The molecule has 1 aliphatic carbocycles. The molecule has 0 spiro atoms. The van der Waals surface area contributed by atoms with Crippen molar-refractivity contribution in [3.63, 3.8) is 0 Å². The molecule has 0 amide bonds. The number of fused-ring (bicyclic) bond motifs is 3. The van der Waals surface area contributed by atoms with E-state index in [0.717, 1.165) is 41.0 Å². The van der Waals surface area contributed by atoms with Gasteiger partial charge in [0.25, 0.3) is 5.56 Å². The zero-order valence-corrected chi connectivity index (χ0v) is 19.2. The first-order valence-corrected chi connectivity index (χ1v) is 11.8. The summed E-state index contributed by atoms with van der Waals surface area (Å²) in [5.41, 5.74) is 2.59. The molecule has 1 aromatic carbocycles. The van der Waals surface area contributed by atoms with E-state index in [1.165, 1.54) is 0 Å². The summed E-state index contributed by atoms with van der Waals surface area (Å²) in [5, 5.41) is 0.528. The summed E-state index contributed by atoms with van der Waals surface area (Å²) in [7, 11) is 0. The van der Waals surface area contributed by atoms with Gasteiger partial charge in [0.05, 0.1) is 22.9 Å². The van der Waals surface area contributed by atoms with Gasteiger partial charge in [0.2, 0.25) is 0 Å². The van der Waals surface area contributed by atoms with Gasteiger partial charge in [0, 0.05) is 22.3 Å². The highest BCUT2D eigenvalue weighted by Gasteiger charge is 2.34. The van der Waals surface area contributed by atoms with E-state index in [9.17, 15) is 9.59 Å². The van der Waals surface area contributed by atoms with Crippen LogP contribution in [-0.2, 0) is 10.5 Å². The fraction of sp³-hybridized carbons (Fsp3) is 0.478. The first-order valence-electron chi connectivity index (χ1n) is 10.4. The van der Waals surface area contributed by atoms with Crippen LogP contribution in [-0.4, -0.2) is 22.7 Å². The van der Waals surface area contributed by atoms with Crippen molar-refractivity contribution in [3.05, 3.63) is 44.7 Å². The van der Waals surface area contributed by atoms with Gasteiger partial charge in [-0.15, -0.1) is 11.8 Å². The molecular weight excluding hydrogens is 422 g/mol. The van der Waals surface area contributed by atoms with Crippen LogP contribution in [0.5, 0.6) is 5.75 Å². The molecule has 2 heterocycles. The van der Waals surface area contributed by atoms with Crippen LogP contribution in [0.1, 0.15) is 68.9 Å². The van der Waals surface area contributed by atoms with E-state index in [1.54, 1.807) is 36.2 Å². The van der Waals surface area contributed by atoms with E-state index in [4.69, 9.17) is 21.1 Å². The Labute approximate surface area is 185 Å². The average molecular weight is 448 g/mol. The van der Waals surface area contributed by atoms with Crippen molar-refractivity contribution >= 4 is 29.3 Å². The van der Waals surface area contributed by atoms with E-state index in [0.29, 0.717) is 16.5 Å². The van der Waals surface area contributed by atoms with Crippen LogP contribution in [0.4, 0.5) is 0 Å². The molecule has 30 heavy (non-hydrogen) atoms. The molecule has 2 aromatic rings. The number of carbonyl (C=O) groups excluding carboxylic acids is 1. The molecule has 1 fully saturated rings. The Balaban J connectivity index is 1.85. The van der Waals surface area contributed by atoms with E-state index in [1.807, 2.05) is 19.1 Å². The molecule has 160 valence electrons. The summed E-state index contributed by atoms with van der Waals surface area (Å²) in [4.78, 5) is 26.9. The molecule has 1 atom stereocenters. The van der Waals surface area contributed by atoms with Crippen molar-refractivity contribution in [2.24, 2.45) is 0 Å². The summed E-state index contributed by atoms with van der Waals surface area (Å²) < 4.78 is 13.1. The molecule has 4 rings (SSSR count). The van der Waals surface area contributed by atoms with E-state index < -0.39 is 5.97 Å². The number of benzene rings is 1. The Bertz CT molecular complexity index is 1060. The van der Waals surface area contributed by atoms with Gasteiger partial charge in [0.15, 0.2) is 0 Å². The lowest BCUT2D eigenvalue weighted by Crippen LogP contribution is -2.30. The molecule has 0 saturated heterocycles. The minimum Gasteiger partial charge on any atom is -0.489 e. The number of ether oxygens (including phenoxy) is 2. The summed E-state index contributed by atoms with van der Waals surface area (Å²) in [6.45, 7) is 7.64. The Morgan fingerprint density at radius 2 is 2.00 bits per heavy atom. The van der Waals surface area contributed by atoms with Crippen molar-refractivity contribution in [1.82, 2.24) is 4.57 Å². The quantitative estimate of drug-likeness (QED) is 0.519. The smallest absolute Gasteiger partial charge is 0.344 e. The number of pyridine rings is 1. The SMILES string of the molecule is CCC(C)Oc1cc2c(cc1Cl)-c1c(cc(C(=O)OC(C)C)c(=O)n1C1CC1)CS2. The van der Waals surface area contributed by atoms with Crippen LogP contribution in [0.25, 0.3) is 11.3 Å². The second-order valence-corrected chi connectivity index (χ2v) is 9.62. The van der Waals surface area contributed by atoms with Crippen molar-refractivity contribution in [1.29, 1.82) is 0 Å². The van der Waals surface area contributed by atoms with Crippen LogP contribution >= 0.6 is 23.4 Å². The number of halogens is 1. The van der Waals surface area contributed by atoms with Gasteiger partial charge in [-0.1, -0.05) is 18.5 Å². The standard InChI is InChI=1S/C23H26ClNO4S/c1-5-13(4)29-19-10-20-16(9-18(19)24)21-14(11-30-20)8-17(23(27)28-12(2)3)22(26)25(21)15-6-7-15/h8-10,12-13,15H,5-7,11H2,1-4H3. The minimum atomic E-state index is -0.557. The van der Waals surface area contributed by atoms with E-state index in [-0.39, 0.29) is 29.4 Å². The van der Waals surface area contributed by atoms with Gasteiger partial charge in [0.1, 0.15) is 11.3 Å². The highest BCUT2D eigenvalue weighted by Crippen LogP contribution is 2.48. The third kappa shape index (κ3) is 4.00. The first-order chi connectivity index (χ1) is 14.3. The summed E-state index contributed by atoms with van der Waals surface area (Å²) in [6.07, 6.45) is 2.54. The molecule has 0 bridgehead atoms. The molecule has 5 nitrogen and oxygen atoms in total. The van der Waals surface area contributed by atoms with Crippen molar-refractivity contribution in [3.8, 4) is 17.0 Å². The lowest BCUT2D eigenvalue weighted by atomic mass is 10.0. The lowest BCUT2D eigenvalue weighted by Gasteiger charge is -2.26. The maximum Gasteiger partial charge on any atom is 0.344 e. The molecule has 7 heteroatoms. The number of hydrogen-bond donors (Lipinski definition) is 0. The van der Waals surface area contributed by atoms with Gasteiger partial charge < -0.3 is 14.0 Å². The van der Waals surface area contributed by atoms with Gasteiger partial charge in [-0.05, 0) is 63.8 Å². The fourth-order valence-corrected chi connectivity index (χ4v) is 4.83. The normalized spacial score (nSPS) is 16.1. The molecule has 1 aliphatic heterocycles. The molecule has 0 N–H and O–H groups in total. The fourth-order valence-electron chi connectivity index (χ4n) is 3.59. The molecule has 1 saturated carbocycles. The monoisotopic (exact) mass is 447 g/mol. The van der Waals surface area contributed by atoms with Gasteiger partial charge in [-0.25, -0.2) is 4.79 Å². The van der Waals surface area contributed by atoms with E-state index in [2.05, 4.69) is 6.92 Å². The summed E-state index contributed by atoms with van der Waals surface area (Å²) >= 11 is 8.22. The maximum atomic E-state index is 13.3. The zero-order valence-electron chi connectivity index (χ0n) is 17.7. The summed E-state index contributed by atoms with van der Waals surface area (Å²) in [6, 6.07) is 5.68. The number of nitrogens with zero attached hydrogens (tertiary/aromatic N) is 1. The zero-order chi connectivity index (χ0) is 21.6. The predicted molar refractivity (Wildman–Crippen MR) is 120 cm³/mol. The Kier molecular flexibility index (Phi) is 5.90. The Morgan fingerprint density at radius 3 is 2.63 bits per heavy atom. The Morgan fingerprint density at radius 1 is 1.27 bits per heavy atom. The number of thioether (sulfide) groups is 1. The van der Waals surface area contributed by atoms with Gasteiger partial charge in [-0.2, -0.15) is 0 Å². The van der Waals surface area contributed by atoms with Crippen LogP contribution < -0.4 is 10.3 Å². The first kappa shape index (κ1) is 21.3. The van der Waals surface area contributed by atoms with Crippen LogP contribution in [0, 0.1) is 0 Å². The summed E-state index contributed by atoms with van der Waals surface area (Å²) in [5.74, 6) is 0.776. The number of esters is 1. The second-order valence-electron chi connectivity index (χ2n) is 8.20. The largest absolute Gasteiger partial charge is 0.489 e. The number of hydrogen-bond acceptors (Lipinski definition) is 5. The van der Waals surface area contributed by atoms with Crippen LogP contribution in [0.15, 0.2) is 27.9 Å². The molecule has 1 unspecified atom stereocenters. The lowest BCUT2D eigenvalue weighted by molar-refractivity contribution is 0.0375. The Hall–Kier alpha value is -1.92. The topological polar surface area (TPSA) is 57.5 Å². The number of carbonyl (C=O) groups is 1. The van der Waals surface area contributed by atoms with Crippen molar-refractivity contribution in [2.45, 2.75) is 75.9 Å². The third-order valence-corrected chi connectivity index (χ3v) is 6.76. The molecule has 1 aromatic heterocycles. The highest BCUT2D eigenvalue weighted by atomic mass is 35.5. The second kappa shape index (κ2) is 8.31. The van der Waals surface area contributed by atoms with Gasteiger partial charge >= 0.3 is 5.97 Å². The average Bonchev–Trinajstić information content (AvgIpc) is 3.52. The third-order valence-electron chi connectivity index (χ3n) is 5.36. The van der Waals surface area contributed by atoms with Gasteiger partial charge in [-0.3, -0.25) is 4.79 Å². The highest BCUT2D eigenvalue weighted by molar-refractivity contribution is 7.98. The van der Waals surface area contributed by atoms with Crippen LogP contribution in [0.3, 0.4) is 0 Å². The molecule has 2 aliphatic rings. The minimum absolute atomic E-state index is 0.0700. The number of aromatic nitrogens is 1. The van der Waals surface area contributed by atoms with Crippen molar-refractivity contribution in [2.75, 3.05) is 0 Å². The predicted octanol–water partition coefficient (Wildman–Crippen LogP) is 5.85. The van der Waals surface area contributed by atoms with Crippen LogP contribution in [0.2, 0.25) is 5.02 Å². The number of rotatable bonds is 6. The molecular formula is C23H26ClNO4S.